The van der Waals surface area contributed by atoms with Crippen molar-refractivity contribution in [3.8, 4) is 11.5 Å². The molecule has 3 aromatic rings. The van der Waals surface area contributed by atoms with Crippen molar-refractivity contribution in [1.29, 1.82) is 0 Å². The molecular formula is C20H20F3N3O4S2. The molecule has 0 fully saturated rings. The summed E-state index contributed by atoms with van der Waals surface area (Å²) < 4.78 is 73.6. The van der Waals surface area contributed by atoms with Crippen molar-refractivity contribution in [1.82, 2.24) is 9.97 Å². The van der Waals surface area contributed by atoms with Crippen LogP contribution in [0.15, 0.2) is 46.5 Å². The van der Waals surface area contributed by atoms with Crippen LogP contribution < -0.4 is 14.8 Å². The van der Waals surface area contributed by atoms with Crippen molar-refractivity contribution in [3.05, 3.63) is 36.7 Å². The number of nitrogens with one attached hydrogen (secondary N) is 1. The lowest BCUT2D eigenvalue weighted by atomic mass is 10.2. The van der Waals surface area contributed by atoms with Gasteiger partial charge in [0.15, 0.2) is 21.3 Å². The first-order valence-electron chi connectivity index (χ1n) is 9.28. The highest BCUT2D eigenvalue weighted by Crippen LogP contribution is 2.38. The number of nitrogens with zero attached hydrogens (tertiary/aromatic N) is 2. The minimum Gasteiger partial charge on any atom is -0.493 e. The third kappa shape index (κ3) is 5.36. The Labute approximate surface area is 187 Å². The Hall–Kier alpha value is -2.73. The Balaban J connectivity index is 2.11. The molecule has 0 aliphatic rings. The molecule has 3 rings (SSSR count). The molecule has 12 heteroatoms. The predicted octanol–water partition coefficient (Wildman–Crippen LogP) is 4.84. The van der Waals surface area contributed by atoms with Gasteiger partial charge in [0.25, 0.3) is 0 Å². The Morgan fingerprint density at radius 1 is 1.06 bits per heavy atom. The predicted molar refractivity (Wildman–Crippen MR) is 117 cm³/mol. The van der Waals surface area contributed by atoms with E-state index in [0.29, 0.717) is 34.2 Å². The minimum atomic E-state index is -4.39. The minimum absolute atomic E-state index is 0.00327. The van der Waals surface area contributed by atoms with E-state index in [-0.39, 0.29) is 27.0 Å². The third-order valence-corrected chi connectivity index (χ3v) is 7.35. The topological polar surface area (TPSA) is 90.4 Å². The average molecular weight is 488 g/mol. The van der Waals surface area contributed by atoms with E-state index < -0.39 is 21.8 Å². The summed E-state index contributed by atoms with van der Waals surface area (Å²) in [6.07, 6.45) is -3.10. The summed E-state index contributed by atoms with van der Waals surface area (Å²) in [7, 11) is -0.632. The van der Waals surface area contributed by atoms with E-state index in [9.17, 15) is 21.6 Å². The van der Waals surface area contributed by atoms with Crippen LogP contribution in [-0.4, -0.2) is 50.3 Å². The van der Waals surface area contributed by atoms with Gasteiger partial charge in [0.1, 0.15) is 12.1 Å². The Morgan fingerprint density at radius 3 is 2.38 bits per heavy atom. The SMILES string of the molecule is CCS(=O)(=O)c1ccc(SCC(F)(F)F)c(Nc2ncnc3cc(OC)c(OC)cc23)c1. The van der Waals surface area contributed by atoms with Gasteiger partial charge >= 0.3 is 6.18 Å². The fraction of sp³-hybridized carbons (Fsp3) is 0.300. The summed E-state index contributed by atoms with van der Waals surface area (Å²) in [5.41, 5.74) is 0.686. The Bertz CT molecular complexity index is 1230. The molecule has 2 aromatic carbocycles. The van der Waals surface area contributed by atoms with Crippen molar-refractivity contribution in [3.63, 3.8) is 0 Å². The summed E-state index contributed by atoms with van der Waals surface area (Å²) in [5.74, 6) is -0.142. The summed E-state index contributed by atoms with van der Waals surface area (Å²) in [5, 5.41) is 3.49. The lowest BCUT2D eigenvalue weighted by Gasteiger charge is -2.16. The van der Waals surface area contributed by atoms with E-state index in [4.69, 9.17) is 9.47 Å². The Kier molecular flexibility index (Phi) is 7.03. The molecule has 1 aromatic heterocycles. The highest BCUT2D eigenvalue weighted by Gasteiger charge is 2.28. The zero-order valence-electron chi connectivity index (χ0n) is 17.4. The number of rotatable bonds is 8. The molecule has 0 saturated heterocycles. The number of halogens is 3. The van der Waals surface area contributed by atoms with E-state index >= 15 is 0 Å². The highest BCUT2D eigenvalue weighted by atomic mass is 32.2. The number of fused-ring (bicyclic) bond motifs is 1. The second-order valence-electron chi connectivity index (χ2n) is 6.54. The normalized spacial score (nSPS) is 12.1. The van der Waals surface area contributed by atoms with Gasteiger partial charge < -0.3 is 14.8 Å². The van der Waals surface area contributed by atoms with E-state index in [0.717, 1.165) is 0 Å². The smallest absolute Gasteiger partial charge is 0.398 e. The van der Waals surface area contributed by atoms with Crippen molar-refractivity contribution in [2.45, 2.75) is 22.9 Å². The van der Waals surface area contributed by atoms with E-state index in [1.165, 1.54) is 45.7 Å². The third-order valence-electron chi connectivity index (χ3n) is 4.48. The van der Waals surface area contributed by atoms with Gasteiger partial charge in [-0.05, 0) is 24.3 Å². The van der Waals surface area contributed by atoms with E-state index in [1.54, 1.807) is 12.1 Å². The maximum atomic E-state index is 12.8. The number of hydrogen-bond acceptors (Lipinski definition) is 8. The van der Waals surface area contributed by atoms with Crippen LogP contribution in [0.25, 0.3) is 10.9 Å². The van der Waals surface area contributed by atoms with Gasteiger partial charge in [0.2, 0.25) is 0 Å². The van der Waals surface area contributed by atoms with Gasteiger partial charge in [-0.3, -0.25) is 0 Å². The second kappa shape index (κ2) is 9.41. The number of aromatic nitrogens is 2. The monoisotopic (exact) mass is 487 g/mol. The van der Waals surface area contributed by atoms with Crippen molar-refractivity contribution >= 4 is 44.0 Å². The molecule has 0 atom stereocenters. The lowest BCUT2D eigenvalue weighted by molar-refractivity contribution is -0.105. The maximum absolute atomic E-state index is 12.8. The number of hydrogen-bond donors (Lipinski definition) is 1. The maximum Gasteiger partial charge on any atom is 0.398 e. The number of alkyl halides is 3. The van der Waals surface area contributed by atoms with Crippen molar-refractivity contribution < 1.29 is 31.1 Å². The number of methoxy groups -OCH3 is 2. The highest BCUT2D eigenvalue weighted by molar-refractivity contribution is 7.99. The molecule has 0 aliphatic heterocycles. The lowest BCUT2D eigenvalue weighted by Crippen LogP contribution is -2.11. The van der Waals surface area contributed by atoms with Gasteiger partial charge in [0, 0.05) is 16.3 Å². The zero-order valence-corrected chi connectivity index (χ0v) is 19.0. The summed E-state index contributed by atoms with van der Waals surface area (Å²) in [4.78, 5) is 8.61. The summed E-state index contributed by atoms with van der Waals surface area (Å²) >= 11 is 0.549. The van der Waals surface area contributed by atoms with Gasteiger partial charge in [0.05, 0.1) is 41.8 Å². The molecule has 0 radical (unpaired) electrons. The van der Waals surface area contributed by atoms with Gasteiger partial charge in [-0.15, -0.1) is 11.8 Å². The standard InChI is InChI=1S/C20H20F3N3O4S2/c1-4-32(27,28)12-5-6-18(31-10-20(21,22)23)15(7-12)26-19-13-8-16(29-2)17(30-3)9-14(13)24-11-25-19/h5-9,11H,4,10H2,1-3H3,(H,24,25,26). The fourth-order valence-electron chi connectivity index (χ4n) is 2.86. The zero-order chi connectivity index (χ0) is 23.5. The first kappa shape index (κ1) is 23.9. The van der Waals surface area contributed by atoms with Crippen LogP contribution >= 0.6 is 11.8 Å². The number of thioether (sulfide) groups is 1. The van der Waals surface area contributed by atoms with Crippen molar-refractivity contribution in [2.75, 3.05) is 31.0 Å². The largest absolute Gasteiger partial charge is 0.493 e. The van der Waals surface area contributed by atoms with Crippen LogP contribution in [0.4, 0.5) is 24.7 Å². The first-order valence-corrected chi connectivity index (χ1v) is 11.9. The van der Waals surface area contributed by atoms with Gasteiger partial charge in [-0.2, -0.15) is 13.2 Å². The van der Waals surface area contributed by atoms with E-state index in [1.807, 2.05) is 0 Å². The molecule has 7 nitrogen and oxygen atoms in total. The molecule has 0 aliphatic carbocycles. The van der Waals surface area contributed by atoms with Gasteiger partial charge in [-0.1, -0.05) is 6.92 Å². The quantitative estimate of drug-likeness (QED) is 0.452. The molecule has 0 amide bonds. The van der Waals surface area contributed by atoms with Crippen LogP contribution in [0.3, 0.4) is 0 Å². The fourth-order valence-corrected chi connectivity index (χ4v) is 4.52. The van der Waals surface area contributed by atoms with Crippen LogP contribution in [0.1, 0.15) is 6.92 Å². The number of benzene rings is 2. The molecular weight excluding hydrogens is 467 g/mol. The number of anilines is 2. The Morgan fingerprint density at radius 2 is 1.75 bits per heavy atom. The van der Waals surface area contributed by atoms with E-state index in [2.05, 4.69) is 15.3 Å². The van der Waals surface area contributed by atoms with Crippen LogP contribution in [0.5, 0.6) is 11.5 Å². The summed E-state index contributed by atoms with van der Waals surface area (Å²) in [6, 6.07) is 7.24. The first-order chi connectivity index (χ1) is 15.1. The number of ether oxygens (including phenoxy) is 2. The average Bonchev–Trinajstić information content (AvgIpc) is 2.76. The molecule has 32 heavy (non-hydrogen) atoms. The molecule has 0 unspecified atom stereocenters. The molecule has 0 saturated carbocycles. The number of sulfone groups is 1. The van der Waals surface area contributed by atoms with Crippen molar-refractivity contribution in [2.24, 2.45) is 0 Å². The van der Waals surface area contributed by atoms with Gasteiger partial charge in [-0.25, -0.2) is 18.4 Å². The molecule has 0 spiro atoms. The van der Waals surface area contributed by atoms with Crippen LogP contribution in [0, 0.1) is 0 Å². The van der Waals surface area contributed by atoms with Crippen LogP contribution in [0.2, 0.25) is 0 Å². The van der Waals surface area contributed by atoms with Crippen LogP contribution in [-0.2, 0) is 9.84 Å². The molecule has 1 heterocycles. The molecule has 0 bridgehead atoms. The summed E-state index contributed by atoms with van der Waals surface area (Å²) in [6.45, 7) is 1.49. The molecule has 172 valence electrons. The second-order valence-corrected chi connectivity index (χ2v) is 9.83. The molecule has 1 N–H and O–H groups in total.